The lowest BCUT2D eigenvalue weighted by Gasteiger charge is -2.19. The second kappa shape index (κ2) is 5.12. The van der Waals surface area contributed by atoms with Crippen LogP contribution in [0, 0.1) is 13.8 Å². The van der Waals surface area contributed by atoms with Gasteiger partial charge in [-0.1, -0.05) is 19.1 Å². The molecular formula is C14H19N3O. The molecule has 0 aliphatic heterocycles. The standard InChI is InChI=1S/C14H19N3O/c1-4-13(11-5-7-12(18)8-6-11)15-14-9(2)16-17-10(14)3/h5-8,13,15,18H,4H2,1-3H3,(H,16,17). The Morgan fingerprint density at radius 3 is 2.44 bits per heavy atom. The molecule has 3 N–H and O–H groups in total. The quantitative estimate of drug-likeness (QED) is 0.774. The molecule has 0 aliphatic rings. The van der Waals surface area contributed by atoms with E-state index in [1.54, 1.807) is 12.1 Å². The Bertz CT molecular complexity index is 497. The molecule has 0 spiro atoms. The fourth-order valence-electron chi connectivity index (χ4n) is 2.07. The van der Waals surface area contributed by atoms with Crippen molar-refractivity contribution in [3.05, 3.63) is 41.2 Å². The minimum absolute atomic E-state index is 0.223. The Hall–Kier alpha value is -1.97. The van der Waals surface area contributed by atoms with E-state index < -0.39 is 0 Å². The number of phenols is 1. The molecule has 0 aliphatic carbocycles. The minimum atomic E-state index is 0.223. The highest BCUT2D eigenvalue weighted by Gasteiger charge is 2.13. The number of hydrogen-bond donors (Lipinski definition) is 3. The van der Waals surface area contributed by atoms with Crippen LogP contribution in [-0.4, -0.2) is 15.3 Å². The van der Waals surface area contributed by atoms with Crippen molar-refractivity contribution >= 4 is 5.69 Å². The maximum atomic E-state index is 9.32. The average Bonchev–Trinajstić information content (AvgIpc) is 2.68. The predicted molar refractivity (Wildman–Crippen MR) is 72.8 cm³/mol. The van der Waals surface area contributed by atoms with E-state index in [0.29, 0.717) is 5.75 Å². The van der Waals surface area contributed by atoms with Gasteiger partial charge in [0.1, 0.15) is 5.75 Å². The Morgan fingerprint density at radius 2 is 1.94 bits per heavy atom. The largest absolute Gasteiger partial charge is 0.508 e. The van der Waals surface area contributed by atoms with Crippen molar-refractivity contribution in [2.24, 2.45) is 0 Å². The number of nitrogens with zero attached hydrogens (tertiary/aromatic N) is 1. The summed E-state index contributed by atoms with van der Waals surface area (Å²) in [6.07, 6.45) is 0.967. The molecule has 96 valence electrons. The van der Waals surface area contributed by atoms with Gasteiger partial charge in [-0.2, -0.15) is 5.10 Å². The minimum Gasteiger partial charge on any atom is -0.508 e. The third-order valence-corrected chi connectivity index (χ3v) is 3.15. The van der Waals surface area contributed by atoms with Gasteiger partial charge in [0.25, 0.3) is 0 Å². The van der Waals surface area contributed by atoms with Crippen LogP contribution in [0.25, 0.3) is 0 Å². The number of aromatic amines is 1. The molecule has 1 heterocycles. The van der Waals surface area contributed by atoms with Gasteiger partial charge < -0.3 is 10.4 Å². The lowest BCUT2D eigenvalue weighted by Crippen LogP contribution is -2.10. The van der Waals surface area contributed by atoms with Crippen molar-refractivity contribution in [1.82, 2.24) is 10.2 Å². The van der Waals surface area contributed by atoms with Gasteiger partial charge in [0.2, 0.25) is 0 Å². The van der Waals surface area contributed by atoms with Crippen LogP contribution in [0.2, 0.25) is 0 Å². The van der Waals surface area contributed by atoms with Crippen LogP contribution < -0.4 is 5.32 Å². The molecule has 0 saturated carbocycles. The fraction of sp³-hybridized carbons (Fsp3) is 0.357. The summed E-state index contributed by atoms with van der Waals surface area (Å²) in [7, 11) is 0. The summed E-state index contributed by atoms with van der Waals surface area (Å²) in [6, 6.07) is 7.55. The molecule has 0 saturated heterocycles. The van der Waals surface area contributed by atoms with Crippen LogP contribution in [0.3, 0.4) is 0 Å². The molecule has 1 atom stereocenters. The second-order valence-electron chi connectivity index (χ2n) is 4.51. The number of anilines is 1. The normalized spacial score (nSPS) is 12.4. The van der Waals surface area contributed by atoms with Crippen LogP contribution in [0.15, 0.2) is 24.3 Å². The van der Waals surface area contributed by atoms with Crippen molar-refractivity contribution in [1.29, 1.82) is 0 Å². The third kappa shape index (κ3) is 2.47. The zero-order valence-corrected chi connectivity index (χ0v) is 11.0. The molecular weight excluding hydrogens is 226 g/mol. The van der Waals surface area contributed by atoms with Gasteiger partial charge in [-0.05, 0) is 38.0 Å². The fourth-order valence-corrected chi connectivity index (χ4v) is 2.07. The maximum Gasteiger partial charge on any atom is 0.115 e. The summed E-state index contributed by atoms with van der Waals surface area (Å²) in [6.45, 7) is 6.12. The van der Waals surface area contributed by atoms with Gasteiger partial charge in [-0.25, -0.2) is 0 Å². The highest BCUT2D eigenvalue weighted by molar-refractivity contribution is 5.53. The number of nitrogens with one attached hydrogen (secondary N) is 2. The Morgan fingerprint density at radius 1 is 1.28 bits per heavy atom. The molecule has 1 aromatic carbocycles. The van der Waals surface area contributed by atoms with Crippen LogP contribution in [-0.2, 0) is 0 Å². The molecule has 0 radical (unpaired) electrons. The van der Waals surface area contributed by atoms with E-state index in [9.17, 15) is 5.11 Å². The molecule has 1 aromatic heterocycles. The zero-order chi connectivity index (χ0) is 13.1. The molecule has 2 rings (SSSR count). The topological polar surface area (TPSA) is 60.9 Å². The van der Waals surface area contributed by atoms with Crippen molar-refractivity contribution in [3.8, 4) is 5.75 Å². The Balaban J connectivity index is 2.22. The number of aryl methyl sites for hydroxylation is 2. The average molecular weight is 245 g/mol. The van der Waals surface area contributed by atoms with E-state index in [1.807, 2.05) is 26.0 Å². The van der Waals surface area contributed by atoms with Crippen molar-refractivity contribution in [2.45, 2.75) is 33.2 Å². The number of hydrogen-bond acceptors (Lipinski definition) is 3. The van der Waals surface area contributed by atoms with E-state index >= 15 is 0 Å². The third-order valence-electron chi connectivity index (χ3n) is 3.15. The van der Waals surface area contributed by atoms with Gasteiger partial charge in [0.15, 0.2) is 0 Å². The highest BCUT2D eigenvalue weighted by atomic mass is 16.3. The summed E-state index contributed by atoms with van der Waals surface area (Å²) in [4.78, 5) is 0. The number of H-pyrrole nitrogens is 1. The first kappa shape index (κ1) is 12.5. The number of rotatable bonds is 4. The summed E-state index contributed by atoms with van der Waals surface area (Å²) in [5.74, 6) is 0.296. The van der Waals surface area contributed by atoms with Crippen LogP contribution in [0.1, 0.15) is 36.3 Å². The van der Waals surface area contributed by atoms with Crippen molar-refractivity contribution < 1.29 is 5.11 Å². The van der Waals surface area contributed by atoms with Gasteiger partial charge in [0, 0.05) is 0 Å². The first-order valence-corrected chi connectivity index (χ1v) is 6.18. The van der Waals surface area contributed by atoms with Gasteiger partial charge in [0.05, 0.1) is 23.1 Å². The first-order valence-electron chi connectivity index (χ1n) is 6.18. The summed E-state index contributed by atoms with van der Waals surface area (Å²) in [5, 5.41) is 20.0. The summed E-state index contributed by atoms with van der Waals surface area (Å²) < 4.78 is 0. The molecule has 18 heavy (non-hydrogen) atoms. The maximum absolute atomic E-state index is 9.32. The molecule has 0 amide bonds. The Kier molecular flexibility index (Phi) is 3.55. The lowest BCUT2D eigenvalue weighted by atomic mass is 10.0. The number of aromatic nitrogens is 2. The highest BCUT2D eigenvalue weighted by Crippen LogP contribution is 2.26. The van der Waals surface area contributed by atoms with Crippen LogP contribution in [0.4, 0.5) is 5.69 Å². The predicted octanol–water partition coefficient (Wildman–Crippen LogP) is 3.30. The van der Waals surface area contributed by atoms with Gasteiger partial charge in [-0.15, -0.1) is 0 Å². The smallest absolute Gasteiger partial charge is 0.115 e. The van der Waals surface area contributed by atoms with Crippen molar-refractivity contribution in [2.75, 3.05) is 5.32 Å². The molecule has 2 aromatic rings. The van der Waals surface area contributed by atoms with E-state index in [-0.39, 0.29) is 6.04 Å². The molecule has 0 bridgehead atoms. The SMILES string of the molecule is CCC(Nc1c(C)n[nH]c1C)c1ccc(O)cc1. The van der Waals surface area contributed by atoms with Gasteiger partial charge >= 0.3 is 0 Å². The van der Waals surface area contributed by atoms with Gasteiger partial charge in [-0.3, -0.25) is 5.10 Å². The van der Waals surface area contributed by atoms with E-state index in [2.05, 4.69) is 22.4 Å². The lowest BCUT2D eigenvalue weighted by molar-refractivity contribution is 0.475. The van der Waals surface area contributed by atoms with Crippen LogP contribution >= 0.6 is 0 Å². The molecule has 4 nitrogen and oxygen atoms in total. The zero-order valence-electron chi connectivity index (χ0n) is 11.0. The monoisotopic (exact) mass is 245 g/mol. The van der Waals surface area contributed by atoms with E-state index in [1.165, 1.54) is 0 Å². The number of aromatic hydroxyl groups is 1. The van der Waals surface area contributed by atoms with E-state index in [4.69, 9.17) is 0 Å². The molecule has 4 heteroatoms. The second-order valence-corrected chi connectivity index (χ2v) is 4.51. The number of phenolic OH excluding ortho intramolecular Hbond substituents is 1. The van der Waals surface area contributed by atoms with Crippen LogP contribution in [0.5, 0.6) is 5.75 Å². The Labute approximate surface area is 107 Å². The summed E-state index contributed by atoms with van der Waals surface area (Å²) >= 11 is 0. The molecule has 1 unspecified atom stereocenters. The van der Waals surface area contributed by atoms with E-state index in [0.717, 1.165) is 29.1 Å². The summed E-state index contributed by atoms with van der Waals surface area (Å²) in [5.41, 5.74) is 4.25. The molecule has 0 fully saturated rings. The number of benzene rings is 1. The van der Waals surface area contributed by atoms with Crippen molar-refractivity contribution in [3.63, 3.8) is 0 Å². The first-order chi connectivity index (χ1) is 8.61.